The zero-order valence-corrected chi connectivity index (χ0v) is 8.46. The maximum absolute atomic E-state index is 5.37. The van der Waals surface area contributed by atoms with Gasteiger partial charge in [-0.15, -0.1) is 0 Å². The highest BCUT2D eigenvalue weighted by molar-refractivity contribution is 4.88. The fraction of sp³-hybridized carbons (Fsp3) is 1.00. The Balaban J connectivity index is 1.90. The van der Waals surface area contributed by atoms with E-state index in [1.54, 1.807) is 0 Å². The van der Waals surface area contributed by atoms with Gasteiger partial charge in [-0.3, -0.25) is 4.90 Å². The fourth-order valence-electron chi connectivity index (χ4n) is 2.47. The molecule has 0 radical (unpaired) electrons. The smallest absolute Gasteiger partial charge is 0.0594 e. The van der Waals surface area contributed by atoms with Crippen LogP contribution in [0.25, 0.3) is 0 Å². The minimum atomic E-state index is 0.772. The van der Waals surface area contributed by atoms with Crippen LogP contribution < -0.4 is 5.32 Å². The van der Waals surface area contributed by atoms with Crippen molar-refractivity contribution in [1.82, 2.24) is 10.2 Å². The van der Waals surface area contributed by atoms with Crippen LogP contribution in [0.3, 0.4) is 0 Å². The normalized spacial score (nSPS) is 36.7. The molecule has 1 N–H and O–H groups in total. The van der Waals surface area contributed by atoms with E-state index in [0.717, 1.165) is 38.3 Å². The van der Waals surface area contributed by atoms with Crippen molar-refractivity contribution in [3.05, 3.63) is 0 Å². The fourth-order valence-corrected chi connectivity index (χ4v) is 2.47. The van der Waals surface area contributed by atoms with Gasteiger partial charge in [0.25, 0.3) is 0 Å². The van der Waals surface area contributed by atoms with Crippen molar-refractivity contribution in [2.75, 3.05) is 39.4 Å². The SMILES string of the molecule is CC[C@H]1CNC[C@H]1N1CCOCC1. The van der Waals surface area contributed by atoms with Crippen LogP contribution in [-0.4, -0.2) is 50.3 Å². The predicted octanol–water partition coefficient (Wildman–Crippen LogP) is 0.317. The minimum absolute atomic E-state index is 0.772. The number of nitrogens with zero attached hydrogens (tertiary/aromatic N) is 1. The van der Waals surface area contributed by atoms with Crippen molar-refractivity contribution in [2.24, 2.45) is 5.92 Å². The predicted molar refractivity (Wildman–Crippen MR) is 52.8 cm³/mol. The summed E-state index contributed by atoms with van der Waals surface area (Å²) in [5, 5.41) is 3.49. The number of rotatable bonds is 2. The summed E-state index contributed by atoms with van der Waals surface area (Å²) in [6.45, 7) is 8.79. The Kier molecular flexibility index (Phi) is 3.19. The highest BCUT2D eigenvalue weighted by Gasteiger charge is 2.31. The van der Waals surface area contributed by atoms with Crippen LogP contribution >= 0.6 is 0 Å². The summed E-state index contributed by atoms with van der Waals surface area (Å²) in [6.07, 6.45) is 1.30. The molecule has 0 aromatic carbocycles. The summed E-state index contributed by atoms with van der Waals surface area (Å²) in [5.41, 5.74) is 0. The van der Waals surface area contributed by atoms with Crippen LogP contribution in [0.2, 0.25) is 0 Å². The Hall–Kier alpha value is -0.120. The molecule has 3 nitrogen and oxygen atoms in total. The van der Waals surface area contributed by atoms with Gasteiger partial charge in [-0.1, -0.05) is 13.3 Å². The zero-order chi connectivity index (χ0) is 9.10. The Labute approximate surface area is 80.4 Å². The summed E-state index contributed by atoms with van der Waals surface area (Å²) in [7, 11) is 0. The van der Waals surface area contributed by atoms with Crippen molar-refractivity contribution in [1.29, 1.82) is 0 Å². The van der Waals surface area contributed by atoms with Gasteiger partial charge in [-0.05, 0) is 12.5 Å². The molecular formula is C10H20N2O. The third-order valence-electron chi connectivity index (χ3n) is 3.34. The maximum Gasteiger partial charge on any atom is 0.0594 e. The van der Waals surface area contributed by atoms with Gasteiger partial charge >= 0.3 is 0 Å². The molecular weight excluding hydrogens is 164 g/mol. The number of ether oxygens (including phenoxy) is 1. The second kappa shape index (κ2) is 4.40. The van der Waals surface area contributed by atoms with Crippen molar-refractivity contribution < 1.29 is 4.74 Å². The zero-order valence-electron chi connectivity index (χ0n) is 8.46. The van der Waals surface area contributed by atoms with E-state index in [1.807, 2.05) is 0 Å². The molecule has 2 aliphatic rings. The van der Waals surface area contributed by atoms with E-state index in [1.165, 1.54) is 19.5 Å². The van der Waals surface area contributed by atoms with Gasteiger partial charge in [0.05, 0.1) is 13.2 Å². The monoisotopic (exact) mass is 184 g/mol. The molecule has 13 heavy (non-hydrogen) atoms. The number of hydrogen-bond acceptors (Lipinski definition) is 3. The molecule has 0 amide bonds. The number of hydrogen-bond donors (Lipinski definition) is 1. The lowest BCUT2D eigenvalue weighted by Gasteiger charge is -2.34. The molecule has 2 atom stereocenters. The summed E-state index contributed by atoms with van der Waals surface area (Å²) < 4.78 is 5.37. The second-order valence-electron chi connectivity index (χ2n) is 4.04. The van der Waals surface area contributed by atoms with E-state index >= 15 is 0 Å². The van der Waals surface area contributed by atoms with Gasteiger partial charge in [0.2, 0.25) is 0 Å². The lowest BCUT2D eigenvalue weighted by molar-refractivity contribution is 0.0114. The van der Waals surface area contributed by atoms with Crippen LogP contribution in [0.15, 0.2) is 0 Å². The van der Waals surface area contributed by atoms with Gasteiger partial charge in [0.1, 0.15) is 0 Å². The summed E-state index contributed by atoms with van der Waals surface area (Å²) in [4.78, 5) is 2.59. The van der Waals surface area contributed by atoms with Gasteiger partial charge < -0.3 is 10.1 Å². The van der Waals surface area contributed by atoms with Crippen LogP contribution in [0, 0.1) is 5.92 Å². The largest absolute Gasteiger partial charge is 0.379 e. The van der Waals surface area contributed by atoms with Crippen molar-refractivity contribution in [2.45, 2.75) is 19.4 Å². The van der Waals surface area contributed by atoms with Gasteiger partial charge in [0.15, 0.2) is 0 Å². The van der Waals surface area contributed by atoms with Crippen molar-refractivity contribution in [3.8, 4) is 0 Å². The molecule has 2 aliphatic heterocycles. The second-order valence-corrected chi connectivity index (χ2v) is 4.04. The Morgan fingerprint density at radius 3 is 2.77 bits per heavy atom. The van der Waals surface area contributed by atoms with E-state index in [9.17, 15) is 0 Å². The van der Waals surface area contributed by atoms with E-state index in [4.69, 9.17) is 4.74 Å². The molecule has 0 aliphatic carbocycles. The first-order valence-electron chi connectivity index (χ1n) is 5.44. The first kappa shape index (κ1) is 9.44. The molecule has 3 heteroatoms. The van der Waals surface area contributed by atoms with Crippen LogP contribution in [0.1, 0.15) is 13.3 Å². The molecule has 0 aromatic heterocycles. The Bertz CT molecular complexity index is 157. The van der Waals surface area contributed by atoms with Crippen molar-refractivity contribution in [3.63, 3.8) is 0 Å². The highest BCUT2D eigenvalue weighted by atomic mass is 16.5. The minimum Gasteiger partial charge on any atom is -0.379 e. The number of morpholine rings is 1. The molecule has 2 heterocycles. The van der Waals surface area contributed by atoms with E-state index in [2.05, 4.69) is 17.1 Å². The standard InChI is InChI=1S/C10H20N2O/c1-2-9-7-11-8-10(9)12-3-5-13-6-4-12/h9-11H,2-8H2,1H3/t9-,10+/m0/s1. The molecule has 2 saturated heterocycles. The maximum atomic E-state index is 5.37. The average molecular weight is 184 g/mol. The molecule has 76 valence electrons. The summed E-state index contributed by atoms with van der Waals surface area (Å²) >= 11 is 0. The number of nitrogens with one attached hydrogen (secondary N) is 1. The first-order chi connectivity index (χ1) is 6.42. The average Bonchev–Trinajstić information content (AvgIpc) is 2.67. The van der Waals surface area contributed by atoms with Gasteiger partial charge in [0, 0.05) is 25.7 Å². The van der Waals surface area contributed by atoms with E-state index < -0.39 is 0 Å². The lowest BCUT2D eigenvalue weighted by Crippen LogP contribution is -2.47. The lowest BCUT2D eigenvalue weighted by atomic mass is 9.99. The summed E-state index contributed by atoms with van der Waals surface area (Å²) in [6, 6.07) is 0.772. The third kappa shape index (κ3) is 2.03. The molecule has 0 bridgehead atoms. The van der Waals surface area contributed by atoms with E-state index in [0.29, 0.717) is 0 Å². The van der Waals surface area contributed by atoms with Crippen molar-refractivity contribution >= 4 is 0 Å². The molecule has 2 fully saturated rings. The Morgan fingerprint density at radius 2 is 2.08 bits per heavy atom. The third-order valence-corrected chi connectivity index (χ3v) is 3.34. The molecule has 0 spiro atoms. The first-order valence-corrected chi connectivity index (χ1v) is 5.44. The van der Waals surface area contributed by atoms with E-state index in [-0.39, 0.29) is 0 Å². The van der Waals surface area contributed by atoms with Crippen LogP contribution in [0.4, 0.5) is 0 Å². The van der Waals surface area contributed by atoms with Crippen LogP contribution in [-0.2, 0) is 4.74 Å². The van der Waals surface area contributed by atoms with Gasteiger partial charge in [-0.25, -0.2) is 0 Å². The quantitative estimate of drug-likeness (QED) is 0.669. The van der Waals surface area contributed by atoms with Crippen LogP contribution in [0.5, 0.6) is 0 Å². The molecule has 0 unspecified atom stereocenters. The molecule has 0 saturated carbocycles. The molecule has 0 aromatic rings. The highest BCUT2D eigenvalue weighted by Crippen LogP contribution is 2.19. The van der Waals surface area contributed by atoms with Gasteiger partial charge in [-0.2, -0.15) is 0 Å². The topological polar surface area (TPSA) is 24.5 Å². The molecule has 2 rings (SSSR count). The summed E-state index contributed by atoms with van der Waals surface area (Å²) in [5.74, 6) is 0.859. The Morgan fingerprint density at radius 1 is 1.31 bits per heavy atom.